The van der Waals surface area contributed by atoms with Crippen LogP contribution in [0.5, 0.6) is 11.5 Å². The lowest BCUT2D eigenvalue weighted by Crippen LogP contribution is -2.35. The summed E-state index contributed by atoms with van der Waals surface area (Å²) in [5.41, 5.74) is 0.0553. The summed E-state index contributed by atoms with van der Waals surface area (Å²) in [5, 5.41) is -1.06. The topological polar surface area (TPSA) is 52.6 Å². The molecule has 0 bridgehead atoms. The summed E-state index contributed by atoms with van der Waals surface area (Å²) in [4.78, 5) is 0. The number of benzene rings is 1. The summed E-state index contributed by atoms with van der Waals surface area (Å²) < 4.78 is 46.4. The van der Waals surface area contributed by atoms with Crippen molar-refractivity contribution in [2.45, 2.75) is 24.0 Å². The van der Waals surface area contributed by atoms with Gasteiger partial charge in [0, 0.05) is 17.9 Å². The van der Waals surface area contributed by atoms with Gasteiger partial charge in [-0.15, -0.1) is 11.6 Å². The average molecular weight is 325 g/mol. The number of halogens is 2. The number of methoxy groups -OCH3 is 2. The monoisotopic (exact) mass is 324 g/mol. The fraction of sp³-hybridized carbons (Fsp3) is 0.538. The van der Waals surface area contributed by atoms with Crippen molar-refractivity contribution in [3.8, 4) is 11.5 Å². The first-order valence-electron chi connectivity index (χ1n) is 5.81. The number of ether oxygens (including phenoxy) is 2. The lowest BCUT2D eigenvalue weighted by Gasteiger charge is -2.29. The molecule has 114 valence electrons. The van der Waals surface area contributed by atoms with E-state index in [2.05, 4.69) is 0 Å². The molecule has 0 saturated carbocycles. The normalized spacial score (nSPS) is 13.9. The Morgan fingerprint density at radius 2 is 1.65 bits per heavy atom. The molecule has 0 amide bonds. The molecule has 0 aliphatic rings. The molecule has 0 spiro atoms. The van der Waals surface area contributed by atoms with Crippen molar-refractivity contribution in [1.82, 2.24) is 0 Å². The van der Waals surface area contributed by atoms with Crippen LogP contribution in [0.1, 0.15) is 24.8 Å². The molecule has 20 heavy (non-hydrogen) atoms. The van der Waals surface area contributed by atoms with Gasteiger partial charge in [-0.25, -0.2) is 12.8 Å². The van der Waals surface area contributed by atoms with Gasteiger partial charge >= 0.3 is 0 Å². The predicted molar refractivity (Wildman–Crippen MR) is 77.0 cm³/mol. The molecular formula is C13H18ClFO4S. The van der Waals surface area contributed by atoms with Gasteiger partial charge in [-0.05, 0) is 19.9 Å². The number of alkyl halides is 1. The minimum atomic E-state index is -3.47. The fourth-order valence-electron chi connectivity index (χ4n) is 1.63. The third-order valence-corrected chi connectivity index (χ3v) is 6.40. The van der Waals surface area contributed by atoms with Crippen LogP contribution < -0.4 is 9.47 Å². The zero-order valence-electron chi connectivity index (χ0n) is 12.0. The van der Waals surface area contributed by atoms with Gasteiger partial charge in [0.25, 0.3) is 0 Å². The predicted octanol–water partition coefficient (Wildman–Crippen LogP) is 2.95. The van der Waals surface area contributed by atoms with Crippen molar-refractivity contribution in [1.29, 1.82) is 0 Å². The van der Waals surface area contributed by atoms with E-state index in [1.807, 2.05) is 0 Å². The standard InChI is InChI=1S/C13H18ClFO4S/c1-13(2,20(5,16)17)12(14)8-6-10(18-3)11(19-4)7-9(8)15/h6-7,12H,1-5H3. The third-order valence-electron chi connectivity index (χ3n) is 3.34. The van der Waals surface area contributed by atoms with Gasteiger partial charge in [-0.3, -0.25) is 0 Å². The molecular weight excluding hydrogens is 307 g/mol. The van der Waals surface area contributed by atoms with E-state index in [1.165, 1.54) is 34.1 Å². The molecule has 0 fully saturated rings. The molecule has 0 saturated heterocycles. The van der Waals surface area contributed by atoms with E-state index in [1.54, 1.807) is 0 Å². The summed E-state index contributed by atoms with van der Waals surface area (Å²) in [6.07, 6.45) is 1.07. The summed E-state index contributed by atoms with van der Waals surface area (Å²) in [5.74, 6) is -0.131. The van der Waals surface area contributed by atoms with Gasteiger partial charge in [-0.2, -0.15) is 0 Å². The van der Waals surface area contributed by atoms with Crippen LogP contribution in [0.3, 0.4) is 0 Å². The van der Waals surface area contributed by atoms with Crippen molar-refractivity contribution in [3.63, 3.8) is 0 Å². The summed E-state index contributed by atoms with van der Waals surface area (Å²) in [6.45, 7) is 2.91. The SMILES string of the molecule is COc1cc(F)c(C(Cl)C(C)(C)S(C)(=O)=O)cc1OC. The minimum Gasteiger partial charge on any atom is -0.493 e. The highest BCUT2D eigenvalue weighted by atomic mass is 35.5. The minimum absolute atomic E-state index is 0.0553. The molecule has 0 aliphatic heterocycles. The Labute approximate surface area is 123 Å². The van der Waals surface area contributed by atoms with Crippen molar-refractivity contribution in [2.75, 3.05) is 20.5 Å². The van der Waals surface area contributed by atoms with Gasteiger partial charge in [-0.1, -0.05) is 0 Å². The van der Waals surface area contributed by atoms with Crippen molar-refractivity contribution < 1.29 is 22.3 Å². The first-order valence-corrected chi connectivity index (χ1v) is 8.14. The zero-order chi connectivity index (χ0) is 15.7. The Bertz CT molecular complexity index is 599. The fourth-order valence-corrected chi connectivity index (χ4v) is 2.78. The Morgan fingerprint density at radius 3 is 2.05 bits per heavy atom. The second-order valence-electron chi connectivity index (χ2n) is 4.97. The lowest BCUT2D eigenvalue weighted by molar-refractivity contribution is 0.351. The molecule has 0 heterocycles. The average Bonchev–Trinajstić information content (AvgIpc) is 2.36. The van der Waals surface area contributed by atoms with Gasteiger partial charge in [0.05, 0.1) is 24.3 Å². The highest BCUT2D eigenvalue weighted by Crippen LogP contribution is 2.42. The molecule has 1 rings (SSSR count). The van der Waals surface area contributed by atoms with Crippen LogP contribution in [0, 0.1) is 5.82 Å². The van der Waals surface area contributed by atoms with E-state index in [0.717, 1.165) is 12.3 Å². The Hall–Kier alpha value is -1.01. The maximum Gasteiger partial charge on any atom is 0.163 e. The van der Waals surface area contributed by atoms with E-state index in [9.17, 15) is 12.8 Å². The smallest absolute Gasteiger partial charge is 0.163 e. The Morgan fingerprint density at radius 1 is 1.20 bits per heavy atom. The van der Waals surface area contributed by atoms with Gasteiger partial charge < -0.3 is 9.47 Å². The molecule has 1 aromatic carbocycles. The third kappa shape index (κ3) is 3.01. The Kier molecular flexibility index (Phi) is 4.92. The van der Waals surface area contributed by atoms with Crippen LogP contribution in [0.4, 0.5) is 4.39 Å². The van der Waals surface area contributed by atoms with Crippen LogP contribution in [0.25, 0.3) is 0 Å². The number of hydrogen-bond donors (Lipinski definition) is 0. The van der Waals surface area contributed by atoms with Crippen molar-refractivity contribution in [2.24, 2.45) is 0 Å². The molecule has 1 aromatic rings. The summed E-state index contributed by atoms with van der Waals surface area (Å²) in [7, 11) is -0.681. The summed E-state index contributed by atoms with van der Waals surface area (Å²) >= 11 is 6.20. The van der Waals surface area contributed by atoms with Gasteiger partial charge in [0.15, 0.2) is 21.3 Å². The molecule has 0 aromatic heterocycles. The van der Waals surface area contributed by atoms with E-state index < -0.39 is 25.8 Å². The van der Waals surface area contributed by atoms with E-state index in [0.29, 0.717) is 5.75 Å². The second-order valence-corrected chi connectivity index (χ2v) is 8.00. The molecule has 4 nitrogen and oxygen atoms in total. The number of hydrogen-bond acceptors (Lipinski definition) is 4. The molecule has 1 atom stereocenters. The largest absolute Gasteiger partial charge is 0.493 e. The molecule has 7 heteroatoms. The molecule has 1 unspecified atom stereocenters. The Balaban J connectivity index is 3.41. The van der Waals surface area contributed by atoms with Gasteiger partial charge in [0.2, 0.25) is 0 Å². The first kappa shape index (κ1) is 17.0. The van der Waals surface area contributed by atoms with E-state index in [-0.39, 0.29) is 11.3 Å². The van der Waals surface area contributed by atoms with Crippen molar-refractivity contribution >= 4 is 21.4 Å². The number of sulfone groups is 1. The van der Waals surface area contributed by atoms with Gasteiger partial charge in [0.1, 0.15) is 5.82 Å². The maximum absolute atomic E-state index is 14.1. The molecule has 0 aliphatic carbocycles. The first-order chi connectivity index (χ1) is 9.06. The number of rotatable bonds is 5. The summed E-state index contributed by atoms with van der Waals surface area (Å²) in [6, 6.07) is 2.49. The van der Waals surface area contributed by atoms with Crippen LogP contribution in [0.2, 0.25) is 0 Å². The molecule has 0 N–H and O–H groups in total. The maximum atomic E-state index is 14.1. The highest BCUT2D eigenvalue weighted by Gasteiger charge is 2.40. The zero-order valence-corrected chi connectivity index (χ0v) is 13.6. The van der Waals surface area contributed by atoms with E-state index in [4.69, 9.17) is 21.1 Å². The van der Waals surface area contributed by atoms with Crippen LogP contribution >= 0.6 is 11.6 Å². The second kappa shape index (κ2) is 5.77. The van der Waals surface area contributed by atoms with Crippen LogP contribution in [-0.2, 0) is 9.84 Å². The van der Waals surface area contributed by atoms with Crippen molar-refractivity contribution in [3.05, 3.63) is 23.5 Å². The lowest BCUT2D eigenvalue weighted by atomic mass is 10.00. The van der Waals surface area contributed by atoms with Crippen LogP contribution in [0.15, 0.2) is 12.1 Å². The quantitative estimate of drug-likeness (QED) is 0.781. The highest BCUT2D eigenvalue weighted by molar-refractivity contribution is 7.92. The molecule has 0 radical (unpaired) electrons. The van der Waals surface area contributed by atoms with E-state index >= 15 is 0 Å². The van der Waals surface area contributed by atoms with Crippen LogP contribution in [-0.4, -0.2) is 33.6 Å².